The number of carbonyl (C=O) groups excluding carboxylic acids is 2. The van der Waals surface area contributed by atoms with Gasteiger partial charge in [0.15, 0.2) is 0 Å². The molecule has 1 unspecified atom stereocenters. The molecule has 6 heterocycles. The number of hydrogen-bond donors (Lipinski definition) is 3. The molecule has 0 aromatic carbocycles. The molecule has 41 heavy (non-hydrogen) atoms. The molecule has 2 atom stereocenters. The van der Waals surface area contributed by atoms with Gasteiger partial charge < -0.3 is 19.8 Å². The normalized spacial score (nSPS) is 19.0. The van der Waals surface area contributed by atoms with E-state index in [1.54, 1.807) is 13.0 Å². The molecule has 0 saturated carbocycles. The molecule has 208 valence electrons. The first-order valence-electron chi connectivity index (χ1n) is 13.6. The number of allylic oxidation sites excluding steroid dienone is 5. The van der Waals surface area contributed by atoms with E-state index in [1.807, 2.05) is 45.9 Å². The van der Waals surface area contributed by atoms with Crippen LogP contribution in [0.4, 0.5) is 0 Å². The van der Waals surface area contributed by atoms with Gasteiger partial charge >= 0.3 is 17.9 Å². The van der Waals surface area contributed by atoms with Crippen LogP contribution in [0.1, 0.15) is 113 Å². The van der Waals surface area contributed by atoms with Crippen LogP contribution in [-0.2, 0) is 9.53 Å². The second-order valence-corrected chi connectivity index (χ2v) is 11.0. The van der Waals surface area contributed by atoms with Gasteiger partial charge in [-0.2, -0.15) is 0 Å². The predicted octanol–water partition coefficient (Wildman–Crippen LogP) is 6.48. The van der Waals surface area contributed by atoms with E-state index in [4.69, 9.17) is 14.7 Å². The standard InChI is InChI=1S/C32H30N4O5/c1-7-18-15(4)22-11-23-16(5)19(8-9-26(37)38)29(35-23)28-30-27(31(39)41-32(28)40)17(6)24(36-30)10-20-13(2)14(3)21(33-20)12-25(18)34-22/h7,10-12,16,19,35-36H,1,8-9H2,2-6H3,(H,37,38)/t16?,19-/m0/s1. The second-order valence-electron chi connectivity index (χ2n) is 11.0. The maximum Gasteiger partial charge on any atom is 0.349 e. The minimum atomic E-state index is -0.927. The Balaban J connectivity index is 1.80. The maximum atomic E-state index is 13.3. The molecule has 0 saturated heterocycles. The molecule has 9 nitrogen and oxygen atoms in total. The van der Waals surface area contributed by atoms with Gasteiger partial charge in [0.25, 0.3) is 0 Å². The van der Waals surface area contributed by atoms with Crippen molar-refractivity contribution in [3.8, 4) is 0 Å². The fourth-order valence-corrected chi connectivity index (χ4v) is 6.14. The lowest BCUT2D eigenvalue weighted by atomic mass is 9.85. The number of cyclic esters (lactones) is 2. The summed E-state index contributed by atoms with van der Waals surface area (Å²) in [7, 11) is 0. The number of rotatable bonds is 4. The van der Waals surface area contributed by atoms with Crippen molar-refractivity contribution in [2.75, 3.05) is 0 Å². The van der Waals surface area contributed by atoms with Crippen LogP contribution in [0.3, 0.4) is 0 Å². The molecule has 4 aliphatic rings. The van der Waals surface area contributed by atoms with Gasteiger partial charge in [-0.05, 0) is 74.6 Å². The zero-order chi connectivity index (χ0) is 29.3. The monoisotopic (exact) mass is 550 g/mol. The maximum absolute atomic E-state index is 13.3. The fraction of sp³-hybridized carbons (Fsp3) is 0.281. The molecule has 8 bridgehead atoms. The number of carboxylic acid groups (broad SMARTS) is 1. The minimum absolute atomic E-state index is 0.0822. The van der Waals surface area contributed by atoms with Gasteiger partial charge in [-0.1, -0.05) is 19.6 Å². The van der Waals surface area contributed by atoms with Gasteiger partial charge in [-0.15, -0.1) is 0 Å². The number of nitrogens with zero attached hydrogens (tertiary/aromatic N) is 2. The van der Waals surface area contributed by atoms with E-state index < -0.39 is 17.9 Å². The average molecular weight is 551 g/mol. The number of esters is 2. The Morgan fingerprint density at radius 3 is 2.27 bits per heavy atom. The van der Waals surface area contributed by atoms with Crippen LogP contribution < -0.4 is 0 Å². The Kier molecular flexibility index (Phi) is 6.06. The number of aliphatic carboxylic acids is 1. The van der Waals surface area contributed by atoms with Gasteiger partial charge in [0.05, 0.1) is 33.9 Å². The summed E-state index contributed by atoms with van der Waals surface area (Å²) in [5, 5.41) is 9.49. The lowest BCUT2D eigenvalue weighted by Gasteiger charge is -2.19. The van der Waals surface area contributed by atoms with Crippen LogP contribution in [0.2, 0.25) is 0 Å². The number of hydrogen-bond acceptors (Lipinski definition) is 6. The molecule has 4 aliphatic heterocycles. The van der Waals surface area contributed by atoms with Crippen molar-refractivity contribution in [1.82, 2.24) is 19.9 Å². The number of carboxylic acids is 1. The SMILES string of the molecule is C=CC1=C(C)c2cc3[nH]c(c4c5[nH]c(cc6nc(cc1n2)C(C)=C6C)c(C)c5C(=O)OC4=O)[C@@H](CCC(=O)O)C3C. The summed E-state index contributed by atoms with van der Waals surface area (Å²) in [6.07, 6.45) is 2.00. The van der Waals surface area contributed by atoms with Crippen molar-refractivity contribution in [3.63, 3.8) is 0 Å². The molecule has 9 heteroatoms. The quantitative estimate of drug-likeness (QED) is 0.293. The van der Waals surface area contributed by atoms with Crippen molar-refractivity contribution >= 4 is 51.2 Å². The lowest BCUT2D eigenvalue weighted by Crippen LogP contribution is -2.21. The molecular weight excluding hydrogens is 520 g/mol. The third-order valence-corrected chi connectivity index (χ3v) is 8.74. The smallest absolute Gasteiger partial charge is 0.349 e. The molecule has 2 aromatic heterocycles. The minimum Gasteiger partial charge on any atom is -0.481 e. The summed E-state index contributed by atoms with van der Waals surface area (Å²) in [6.45, 7) is 13.8. The van der Waals surface area contributed by atoms with Gasteiger partial charge in [-0.25, -0.2) is 19.6 Å². The number of carbonyl (C=O) groups is 3. The number of H-pyrrole nitrogens is 2. The number of ether oxygens (including phenoxy) is 1. The first kappa shape index (κ1) is 26.4. The van der Waals surface area contributed by atoms with Crippen molar-refractivity contribution in [3.05, 3.63) is 81.7 Å². The molecule has 0 amide bonds. The molecule has 0 radical (unpaired) electrons. The number of aromatic nitrogens is 4. The molecule has 0 aliphatic carbocycles. The molecule has 3 N–H and O–H groups in total. The van der Waals surface area contributed by atoms with Crippen molar-refractivity contribution in [2.24, 2.45) is 0 Å². The van der Waals surface area contributed by atoms with Crippen molar-refractivity contribution in [1.29, 1.82) is 0 Å². The number of aryl methyl sites for hydroxylation is 1. The topological polar surface area (TPSA) is 138 Å². The summed E-state index contributed by atoms with van der Waals surface area (Å²) in [4.78, 5) is 54.5. The van der Waals surface area contributed by atoms with Crippen molar-refractivity contribution in [2.45, 2.75) is 59.3 Å². The molecule has 0 fully saturated rings. The Hall–Kier alpha value is -4.79. The molecule has 6 rings (SSSR count). The zero-order valence-electron chi connectivity index (χ0n) is 23.6. The summed E-state index contributed by atoms with van der Waals surface area (Å²) < 4.78 is 5.25. The van der Waals surface area contributed by atoms with E-state index in [2.05, 4.69) is 16.5 Å². The summed E-state index contributed by atoms with van der Waals surface area (Å²) in [6, 6.07) is 5.78. The van der Waals surface area contributed by atoms with E-state index in [0.29, 0.717) is 22.3 Å². The Labute approximate surface area is 236 Å². The largest absolute Gasteiger partial charge is 0.481 e. The Bertz CT molecular complexity index is 1870. The van der Waals surface area contributed by atoms with E-state index in [-0.39, 0.29) is 35.8 Å². The highest BCUT2D eigenvalue weighted by atomic mass is 16.6. The van der Waals surface area contributed by atoms with E-state index in [0.717, 1.165) is 50.8 Å². The molecule has 2 aromatic rings. The number of nitrogens with one attached hydrogen (secondary N) is 2. The van der Waals surface area contributed by atoms with Gasteiger partial charge in [0.1, 0.15) is 5.56 Å². The fourth-order valence-electron chi connectivity index (χ4n) is 6.14. The lowest BCUT2D eigenvalue weighted by molar-refractivity contribution is -0.137. The second kappa shape index (κ2) is 9.40. The van der Waals surface area contributed by atoms with E-state index in [1.165, 1.54) is 0 Å². The van der Waals surface area contributed by atoms with Crippen LogP contribution >= 0.6 is 0 Å². The first-order valence-corrected chi connectivity index (χ1v) is 13.6. The highest BCUT2D eigenvalue weighted by molar-refractivity contribution is 6.18. The van der Waals surface area contributed by atoms with Crippen molar-refractivity contribution < 1.29 is 24.2 Å². The third kappa shape index (κ3) is 4.03. The van der Waals surface area contributed by atoms with Crippen LogP contribution in [-0.4, -0.2) is 43.0 Å². The first-order chi connectivity index (χ1) is 19.5. The number of aromatic amines is 2. The predicted molar refractivity (Wildman–Crippen MR) is 156 cm³/mol. The molecule has 0 spiro atoms. The zero-order valence-corrected chi connectivity index (χ0v) is 23.6. The number of fused-ring (bicyclic) bond motifs is 8. The van der Waals surface area contributed by atoms with Crippen LogP contribution in [0.15, 0.2) is 30.9 Å². The Morgan fingerprint density at radius 1 is 0.951 bits per heavy atom. The van der Waals surface area contributed by atoms with E-state index >= 15 is 0 Å². The summed E-state index contributed by atoms with van der Waals surface area (Å²) in [5.41, 5.74) is 10.3. The van der Waals surface area contributed by atoms with Crippen LogP contribution in [0.25, 0.3) is 33.3 Å². The highest BCUT2D eigenvalue weighted by Gasteiger charge is 2.38. The third-order valence-electron chi connectivity index (χ3n) is 8.74. The van der Waals surface area contributed by atoms with Gasteiger partial charge in [0.2, 0.25) is 0 Å². The highest BCUT2D eigenvalue weighted by Crippen LogP contribution is 2.44. The van der Waals surface area contributed by atoms with E-state index in [9.17, 15) is 19.5 Å². The Morgan fingerprint density at radius 2 is 1.59 bits per heavy atom. The average Bonchev–Trinajstić information content (AvgIpc) is 3.58. The molecular formula is C32H30N4O5. The van der Waals surface area contributed by atoms with Crippen LogP contribution in [0.5, 0.6) is 0 Å². The summed E-state index contributed by atoms with van der Waals surface area (Å²) in [5.74, 6) is -2.92. The van der Waals surface area contributed by atoms with Gasteiger partial charge in [-0.3, -0.25) is 4.79 Å². The summed E-state index contributed by atoms with van der Waals surface area (Å²) >= 11 is 0. The van der Waals surface area contributed by atoms with Gasteiger partial charge in [0, 0.05) is 40.7 Å². The van der Waals surface area contributed by atoms with Crippen LogP contribution in [0, 0.1) is 6.92 Å².